The number of nitrogens with one attached hydrogen (secondary N) is 1. The third-order valence-electron chi connectivity index (χ3n) is 2.22. The second-order valence-corrected chi connectivity index (χ2v) is 5.12. The van der Waals surface area contributed by atoms with Gasteiger partial charge in [0.1, 0.15) is 17.0 Å². The van der Waals surface area contributed by atoms with Crippen LogP contribution in [0, 0.1) is 0 Å². The van der Waals surface area contributed by atoms with Gasteiger partial charge in [0.2, 0.25) is 0 Å². The van der Waals surface area contributed by atoms with E-state index in [0.29, 0.717) is 0 Å². The molecule has 1 heterocycles. The van der Waals surface area contributed by atoms with Crippen LogP contribution in [-0.2, 0) is 19.1 Å². The Morgan fingerprint density at radius 2 is 1.95 bits per heavy atom. The van der Waals surface area contributed by atoms with Gasteiger partial charge in [0.15, 0.2) is 0 Å². The Kier molecular flexibility index (Phi) is 4.72. The topological polar surface area (TPSA) is 84.9 Å². The molecule has 0 spiro atoms. The summed E-state index contributed by atoms with van der Waals surface area (Å²) in [6, 6.07) is 0. The fourth-order valence-electron chi connectivity index (χ4n) is 1.43. The lowest BCUT2D eigenvalue weighted by Gasteiger charge is -2.21. The van der Waals surface area contributed by atoms with E-state index >= 15 is 0 Å². The van der Waals surface area contributed by atoms with Crippen molar-refractivity contribution in [3.05, 3.63) is 23.5 Å². The van der Waals surface area contributed by atoms with E-state index in [2.05, 4.69) is 10.1 Å². The lowest BCUT2D eigenvalue weighted by atomic mass is 10.2. The normalized spacial score (nSPS) is 19.5. The van der Waals surface area contributed by atoms with Gasteiger partial charge >= 0.3 is 11.9 Å². The van der Waals surface area contributed by atoms with Crippen molar-refractivity contribution in [3.8, 4) is 0 Å². The first-order chi connectivity index (χ1) is 8.73. The van der Waals surface area contributed by atoms with Crippen LogP contribution in [0.5, 0.6) is 0 Å². The summed E-state index contributed by atoms with van der Waals surface area (Å²) < 4.78 is 9.76. The van der Waals surface area contributed by atoms with Gasteiger partial charge in [0, 0.05) is 0 Å². The molecule has 1 unspecified atom stereocenters. The summed E-state index contributed by atoms with van der Waals surface area (Å²) in [6.07, 6.45) is 2.14. The number of hydrogen-bond donors (Lipinski definition) is 2. The number of carbonyl (C=O) groups excluding carboxylic acids is 2. The number of aliphatic hydroxyl groups excluding tert-OH is 1. The van der Waals surface area contributed by atoms with Crippen LogP contribution < -0.4 is 5.32 Å². The molecule has 2 N–H and O–H groups in total. The van der Waals surface area contributed by atoms with Crippen molar-refractivity contribution in [3.63, 3.8) is 0 Å². The maximum Gasteiger partial charge on any atom is 0.355 e. The Balaban J connectivity index is 2.90. The summed E-state index contributed by atoms with van der Waals surface area (Å²) in [4.78, 5) is 23.4. The van der Waals surface area contributed by atoms with Crippen molar-refractivity contribution in [1.29, 1.82) is 0 Å². The molecule has 0 aliphatic carbocycles. The molecular weight excluding hydrogens is 250 g/mol. The number of rotatable bonds is 2. The highest BCUT2D eigenvalue weighted by atomic mass is 16.6. The molecular formula is C13H19NO5. The van der Waals surface area contributed by atoms with Gasteiger partial charge in [-0.15, -0.1) is 0 Å². The smallest absolute Gasteiger partial charge is 0.355 e. The first-order valence-corrected chi connectivity index (χ1v) is 5.91. The largest absolute Gasteiger partial charge is 0.464 e. The van der Waals surface area contributed by atoms with Crippen LogP contribution in [0.1, 0.15) is 27.2 Å². The lowest BCUT2D eigenvalue weighted by molar-refractivity contribution is -0.150. The van der Waals surface area contributed by atoms with Crippen LogP contribution in [0.2, 0.25) is 0 Å². The number of esters is 2. The van der Waals surface area contributed by atoms with E-state index in [1.54, 1.807) is 20.8 Å². The molecule has 1 aliphatic heterocycles. The SMILES string of the molecule is COC(=O)C1=CCC(O)C=C(C(=O)OC(C)(C)C)N1. The average molecular weight is 269 g/mol. The minimum absolute atomic E-state index is 0.0246. The van der Waals surface area contributed by atoms with Crippen molar-refractivity contribution in [2.24, 2.45) is 0 Å². The first-order valence-electron chi connectivity index (χ1n) is 5.91. The van der Waals surface area contributed by atoms with Gasteiger partial charge in [-0.25, -0.2) is 9.59 Å². The quantitative estimate of drug-likeness (QED) is 0.715. The summed E-state index contributed by atoms with van der Waals surface area (Å²) in [5.41, 5.74) is -0.529. The Hall–Kier alpha value is -1.82. The van der Waals surface area contributed by atoms with Crippen LogP contribution in [-0.4, -0.2) is 35.9 Å². The molecule has 0 aromatic carbocycles. The lowest BCUT2D eigenvalue weighted by Crippen LogP contribution is -2.31. The Morgan fingerprint density at radius 1 is 1.32 bits per heavy atom. The minimum Gasteiger partial charge on any atom is -0.464 e. The van der Waals surface area contributed by atoms with Crippen molar-refractivity contribution in [2.75, 3.05) is 7.11 Å². The van der Waals surface area contributed by atoms with Gasteiger partial charge in [-0.05, 0) is 33.3 Å². The third-order valence-corrected chi connectivity index (χ3v) is 2.22. The predicted octanol–water partition coefficient (Wildman–Crippen LogP) is 0.623. The summed E-state index contributed by atoms with van der Waals surface area (Å²) in [6.45, 7) is 5.20. The van der Waals surface area contributed by atoms with E-state index < -0.39 is 23.6 Å². The highest BCUT2D eigenvalue weighted by molar-refractivity contribution is 5.93. The zero-order valence-electron chi connectivity index (χ0n) is 11.5. The van der Waals surface area contributed by atoms with E-state index in [-0.39, 0.29) is 17.8 Å². The van der Waals surface area contributed by atoms with Crippen LogP contribution in [0.4, 0.5) is 0 Å². The second kappa shape index (κ2) is 5.88. The maximum absolute atomic E-state index is 11.9. The monoisotopic (exact) mass is 269 g/mol. The Bertz CT molecular complexity index is 431. The van der Waals surface area contributed by atoms with Gasteiger partial charge in [-0.1, -0.05) is 6.08 Å². The number of ether oxygens (including phenoxy) is 2. The van der Waals surface area contributed by atoms with Crippen LogP contribution >= 0.6 is 0 Å². The fraction of sp³-hybridized carbons (Fsp3) is 0.538. The molecule has 1 aliphatic rings. The van der Waals surface area contributed by atoms with Gasteiger partial charge < -0.3 is 19.9 Å². The second-order valence-electron chi connectivity index (χ2n) is 5.12. The van der Waals surface area contributed by atoms with Crippen molar-refractivity contribution < 1.29 is 24.2 Å². The third kappa shape index (κ3) is 4.75. The summed E-state index contributed by atoms with van der Waals surface area (Å²) >= 11 is 0. The maximum atomic E-state index is 11.9. The highest BCUT2D eigenvalue weighted by Gasteiger charge is 2.24. The molecule has 6 nitrogen and oxygen atoms in total. The fourth-order valence-corrected chi connectivity index (χ4v) is 1.43. The zero-order chi connectivity index (χ0) is 14.6. The molecule has 0 amide bonds. The number of carbonyl (C=O) groups is 2. The van der Waals surface area contributed by atoms with Gasteiger partial charge in [0.05, 0.1) is 13.2 Å². The van der Waals surface area contributed by atoms with Crippen molar-refractivity contribution in [1.82, 2.24) is 5.32 Å². The minimum atomic E-state index is -0.864. The standard InChI is InChI=1S/C13H19NO5/c1-13(2,3)19-12(17)10-7-8(15)5-6-9(14-10)11(16)18-4/h6-8,14-15H,5H2,1-4H3. The number of hydrogen-bond acceptors (Lipinski definition) is 6. The molecule has 1 rings (SSSR count). The van der Waals surface area contributed by atoms with E-state index in [9.17, 15) is 14.7 Å². The molecule has 0 saturated heterocycles. The Labute approximate surface area is 112 Å². The molecule has 0 bridgehead atoms. The van der Waals surface area contributed by atoms with E-state index in [4.69, 9.17) is 4.74 Å². The van der Waals surface area contributed by atoms with Crippen molar-refractivity contribution >= 4 is 11.9 Å². The molecule has 1 atom stereocenters. The molecule has 6 heteroatoms. The molecule has 19 heavy (non-hydrogen) atoms. The summed E-state index contributed by atoms with van der Waals surface area (Å²) in [5.74, 6) is -1.24. The molecule has 0 aromatic rings. The van der Waals surface area contributed by atoms with Gasteiger partial charge in [-0.3, -0.25) is 0 Å². The number of methoxy groups -OCH3 is 1. The van der Waals surface area contributed by atoms with Crippen molar-refractivity contribution in [2.45, 2.75) is 38.9 Å². The molecule has 0 aromatic heterocycles. The number of aliphatic hydroxyl groups is 1. The molecule has 106 valence electrons. The summed E-state index contributed by atoms with van der Waals surface area (Å²) in [7, 11) is 1.24. The van der Waals surface area contributed by atoms with Gasteiger partial charge in [0.25, 0.3) is 0 Å². The molecule has 0 fully saturated rings. The van der Waals surface area contributed by atoms with Crippen LogP contribution in [0.15, 0.2) is 23.5 Å². The first kappa shape index (κ1) is 15.2. The Morgan fingerprint density at radius 3 is 2.47 bits per heavy atom. The van der Waals surface area contributed by atoms with E-state index in [1.807, 2.05) is 0 Å². The van der Waals surface area contributed by atoms with Crippen LogP contribution in [0.25, 0.3) is 0 Å². The molecule has 0 radical (unpaired) electrons. The van der Waals surface area contributed by atoms with E-state index in [1.165, 1.54) is 19.3 Å². The molecule has 0 saturated carbocycles. The predicted molar refractivity (Wildman–Crippen MR) is 67.8 cm³/mol. The van der Waals surface area contributed by atoms with E-state index in [0.717, 1.165) is 0 Å². The summed E-state index contributed by atoms with van der Waals surface area (Å²) in [5, 5.41) is 12.3. The zero-order valence-corrected chi connectivity index (χ0v) is 11.5. The highest BCUT2D eigenvalue weighted by Crippen LogP contribution is 2.15. The van der Waals surface area contributed by atoms with Crippen LogP contribution in [0.3, 0.4) is 0 Å². The van der Waals surface area contributed by atoms with Gasteiger partial charge in [-0.2, -0.15) is 0 Å². The average Bonchev–Trinajstić information content (AvgIpc) is 2.48.